The van der Waals surface area contributed by atoms with Crippen LogP contribution in [-0.4, -0.2) is 35.5 Å². The van der Waals surface area contributed by atoms with E-state index in [4.69, 9.17) is 11.6 Å². The van der Waals surface area contributed by atoms with Gasteiger partial charge in [-0.05, 0) is 24.1 Å². The van der Waals surface area contributed by atoms with E-state index in [1.54, 1.807) is 0 Å². The van der Waals surface area contributed by atoms with Crippen LogP contribution in [0.25, 0.3) is 0 Å². The molecule has 104 valence electrons. The normalized spacial score (nSPS) is 17.1. The molecule has 5 heteroatoms. The summed E-state index contributed by atoms with van der Waals surface area (Å²) in [6.45, 7) is 3.76. The van der Waals surface area contributed by atoms with E-state index in [1.807, 2.05) is 40.9 Å². The molecule has 1 aromatic rings. The van der Waals surface area contributed by atoms with Gasteiger partial charge >= 0.3 is 6.03 Å². The van der Waals surface area contributed by atoms with Crippen LogP contribution in [-0.2, 0) is 0 Å². The second-order valence-electron chi connectivity index (χ2n) is 4.56. The van der Waals surface area contributed by atoms with Crippen molar-refractivity contribution in [1.82, 2.24) is 10.2 Å². The third-order valence-electron chi connectivity index (χ3n) is 3.28. The lowest BCUT2D eigenvalue weighted by Crippen LogP contribution is -2.45. The zero-order valence-electron chi connectivity index (χ0n) is 11.1. The van der Waals surface area contributed by atoms with Crippen LogP contribution in [0.15, 0.2) is 24.3 Å². The summed E-state index contributed by atoms with van der Waals surface area (Å²) in [6.07, 6.45) is 0.871. The van der Waals surface area contributed by atoms with Crippen LogP contribution in [0.3, 0.4) is 0 Å². The van der Waals surface area contributed by atoms with Crippen molar-refractivity contribution in [3.05, 3.63) is 34.9 Å². The molecule has 0 radical (unpaired) electrons. The molecule has 0 saturated carbocycles. The summed E-state index contributed by atoms with van der Waals surface area (Å²) < 4.78 is 0. The number of amides is 2. The molecule has 3 nitrogen and oxygen atoms in total. The molecule has 1 atom stereocenters. The molecule has 1 aliphatic heterocycles. The molecule has 1 saturated heterocycles. The summed E-state index contributed by atoms with van der Waals surface area (Å²) in [6, 6.07) is 7.78. The standard InChI is InChI=1S/C14H19ClN2OS/c1-2-13(11-3-5-12(15)6-4-11)16-14(18)17-7-9-19-10-8-17/h3-6,13H,2,7-10H2,1H3,(H,16,18)/t13-/m0/s1. The topological polar surface area (TPSA) is 32.3 Å². The monoisotopic (exact) mass is 298 g/mol. The number of thioether (sulfide) groups is 1. The van der Waals surface area contributed by atoms with Crippen LogP contribution in [0.4, 0.5) is 4.79 Å². The number of hydrogen-bond acceptors (Lipinski definition) is 2. The molecule has 0 aromatic heterocycles. The highest BCUT2D eigenvalue weighted by molar-refractivity contribution is 7.99. The first kappa shape index (κ1) is 14.5. The maximum atomic E-state index is 12.2. The van der Waals surface area contributed by atoms with E-state index in [0.717, 1.165) is 41.6 Å². The molecule has 2 amide bonds. The fourth-order valence-electron chi connectivity index (χ4n) is 2.12. The third kappa shape index (κ3) is 4.05. The smallest absolute Gasteiger partial charge is 0.317 e. The van der Waals surface area contributed by atoms with E-state index in [2.05, 4.69) is 12.2 Å². The van der Waals surface area contributed by atoms with Gasteiger partial charge in [-0.2, -0.15) is 11.8 Å². The molecule has 0 unspecified atom stereocenters. The second-order valence-corrected chi connectivity index (χ2v) is 6.22. The third-order valence-corrected chi connectivity index (χ3v) is 4.47. The number of carbonyl (C=O) groups excluding carboxylic acids is 1. The van der Waals surface area contributed by atoms with E-state index < -0.39 is 0 Å². The molecule has 1 N–H and O–H groups in total. The molecular formula is C14H19ClN2OS. The Kier molecular flexibility index (Phi) is 5.40. The lowest BCUT2D eigenvalue weighted by atomic mass is 10.1. The molecule has 1 aliphatic rings. The van der Waals surface area contributed by atoms with Gasteiger partial charge < -0.3 is 10.2 Å². The van der Waals surface area contributed by atoms with Crippen molar-refractivity contribution in [1.29, 1.82) is 0 Å². The highest BCUT2D eigenvalue weighted by atomic mass is 35.5. The maximum Gasteiger partial charge on any atom is 0.317 e. The van der Waals surface area contributed by atoms with Crippen LogP contribution in [0.5, 0.6) is 0 Å². The average Bonchev–Trinajstić information content (AvgIpc) is 2.46. The predicted octanol–water partition coefficient (Wildman–Crippen LogP) is 3.55. The van der Waals surface area contributed by atoms with Gasteiger partial charge in [-0.15, -0.1) is 0 Å². The van der Waals surface area contributed by atoms with Gasteiger partial charge in [0.2, 0.25) is 0 Å². The molecule has 0 bridgehead atoms. The van der Waals surface area contributed by atoms with Gasteiger partial charge in [-0.25, -0.2) is 4.79 Å². The fraction of sp³-hybridized carbons (Fsp3) is 0.500. The average molecular weight is 299 g/mol. The van der Waals surface area contributed by atoms with Crippen molar-refractivity contribution in [2.24, 2.45) is 0 Å². The summed E-state index contributed by atoms with van der Waals surface area (Å²) in [7, 11) is 0. The van der Waals surface area contributed by atoms with Crippen molar-refractivity contribution in [2.45, 2.75) is 19.4 Å². The number of carbonyl (C=O) groups is 1. The number of benzene rings is 1. The Balaban J connectivity index is 1.98. The highest BCUT2D eigenvalue weighted by Crippen LogP contribution is 2.20. The number of rotatable bonds is 3. The molecule has 1 fully saturated rings. The van der Waals surface area contributed by atoms with Crippen LogP contribution in [0.1, 0.15) is 24.9 Å². The number of halogens is 1. The SMILES string of the molecule is CC[C@H](NC(=O)N1CCSCC1)c1ccc(Cl)cc1. The van der Waals surface area contributed by atoms with Crippen LogP contribution in [0.2, 0.25) is 5.02 Å². The lowest BCUT2D eigenvalue weighted by Gasteiger charge is -2.29. The van der Waals surface area contributed by atoms with Crippen LogP contribution in [0, 0.1) is 0 Å². The quantitative estimate of drug-likeness (QED) is 0.925. The van der Waals surface area contributed by atoms with Crippen molar-refractivity contribution >= 4 is 29.4 Å². The van der Waals surface area contributed by atoms with Gasteiger partial charge in [0.15, 0.2) is 0 Å². The molecule has 0 spiro atoms. The maximum absolute atomic E-state index is 12.2. The minimum Gasteiger partial charge on any atom is -0.331 e. The molecule has 0 aliphatic carbocycles. The minimum absolute atomic E-state index is 0.0436. The summed E-state index contributed by atoms with van der Waals surface area (Å²) in [4.78, 5) is 14.1. The van der Waals surface area contributed by atoms with Crippen molar-refractivity contribution in [3.8, 4) is 0 Å². The van der Waals surface area contributed by atoms with Gasteiger partial charge in [-0.3, -0.25) is 0 Å². The number of nitrogens with zero attached hydrogens (tertiary/aromatic N) is 1. The van der Waals surface area contributed by atoms with Crippen LogP contribution >= 0.6 is 23.4 Å². The zero-order valence-corrected chi connectivity index (χ0v) is 12.6. The molecular weight excluding hydrogens is 280 g/mol. The fourth-order valence-corrected chi connectivity index (χ4v) is 3.15. The minimum atomic E-state index is 0.0436. The zero-order chi connectivity index (χ0) is 13.7. The Hall–Kier alpha value is -0.870. The summed E-state index contributed by atoms with van der Waals surface area (Å²) in [5, 5.41) is 3.83. The molecule has 19 heavy (non-hydrogen) atoms. The number of urea groups is 1. The number of nitrogens with one attached hydrogen (secondary N) is 1. The largest absolute Gasteiger partial charge is 0.331 e. The van der Waals surface area contributed by atoms with Crippen LogP contribution < -0.4 is 5.32 Å². The number of hydrogen-bond donors (Lipinski definition) is 1. The van der Waals surface area contributed by atoms with Crippen molar-refractivity contribution in [2.75, 3.05) is 24.6 Å². The van der Waals surface area contributed by atoms with Crippen molar-refractivity contribution in [3.63, 3.8) is 0 Å². The summed E-state index contributed by atoms with van der Waals surface area (Å²) in [5.41, 5.74) is 1.10. The van der Waals surface area contributed by atoms with Gasteiger partial charge in [0.05, 0.1) is 6.04 Å². The molecule has 2 rings (SSSR count). The van der Waals surface area contributed by atoms with Gasteiger partial charge in [0.25, 0.3) is 0 Å². The lowest BCUT2D eigenvalue weighted by molar-refractivity contribution is 0.198. The van der Waals surface area contributed by atoms with Gasteiger partial charge in [0.1, 0.15) is 0 Å². The summed E-state index contributed by atoms with van der Waals surface area (Å²) >= 11 is 7.79. The van der Waals surface area contributed by atoms with E-state index in [0.29, 0.717) is 0 Å². The Bertz CT molecular complexity index is 418. The Morgan fingerprint density at radius 3 is 2.58 bits per heavy atom. The van der Waals surface area contributed by atoms with E-state index in [1.165, 1.54) is 0 Å². The second kappa shape index (κ2) is 7.06. The van der Waals surface area contributed by atoms with Gasteiger partial charge in [-0.1, -0.05) is 30.7 Å². The predicted molar refractivity (Wildman–Crippen MR) is 81.9 cm³/mol. The molecule has 1 aromatic carbocycles. The van der Waals surface area contributed by atoms with E-state index >= 15 is 0 Å². The van der Waals surface area contributed by atoms with Gasteiger partial charge in [0, 0.05) is 29.6 Å². The Morgan fingerprint density at radius 2 is 2.00 bits per heavy atom. The van der Waals surface area contributed by atoms with E-state index in [-0.39, 0.29) is 12.1 Å². The summed E-state index contributed by atoms with van der Waals surface area (Å²) in [5.74, 6) is 2.07. The highest BCUT2D eigenvalue weighted by Gasteiger charge is 2.19. The first-order valence-corrected chi connectivity index (χ1v) is 8.12. The van der Waals surface area contributed by atoms with E-state index in [9.17, 15) is 4.79 Å². The Labute approximate surface area is 123 Å². The first-order valence-electron chi connectivity index (χ1n) is 6.59. The molecule has 1 heterocycles. The Morgan fingerprint density at radius 1 is 1.37 bits per heavy atom. The van der Waals surface area contributed by atoms with Crippen molar-refractivity contribution < 1.29 is 4.79 Å². The first-order chi connectivity index (χ1) is 9.20.